The maximum absolute atomic E-state index is 6.35. The second-order valence-corrected chi connectivity index (χ2v) is 16.3. The first-order chi connectivity index (χ1) is 11.6. The highest BCUT2D eigenvalue weighted by Crippen LogP contribution is 2.39. The Bertz CT molecular complexity index is 557. The third kappa shape index (κ3) is 6.36. The summed E-state index contributed by atoms with van der Waals surface area (Å²) in [4.78, 5) is 4.60. The molecule has 2 unspecified atom stereocenters. The first kappa shape index (κ1) is 22.0. The van der Waals surface area contributed by atoms with Crippen molar-refractivity contribution in [3.8, 4) is 0 Å². The van der Waals surface area contributed by atoms with Crippen molar-refractivity contribution in [1.29, 1.82) is 0 Å². The van der Waals surface area contributed by atoms with E-state index in [1.807, 2.05) is 0 Å². The summed E-state index contributed by atoms with van der Waals surface area (Å²) in [5, 5.41) is 0.208. The van der Waals surface area contributed by atoms with Gasteiger partial charge in [0, 0.05) is 19.6 Å². The molecule has 0 radical (unpaired) electrons. The van der Waals surface area contributed by atoms with Crippen LogP contribution in [-0.4, -0.2) is 32.8 Å². The van der Waals surface area contributed by atoms with Crippen LogP contribution in [0.5, 0.6) is 0 Å². The minimum atomic E-state index is -1.76. The van der Waals surface area contributed by atoms with Crippen molar-refractivity contribution in [3.05, 3.63) is 13.4 Å². The first-order valence-electron chi connectivity index (χ1n) is 8.83. The predicted molar refractivity (Wildman–Crippen MR) is 113 cm³/mol. The Morgan fingerprint density at radius 3 is 2.56 bits per heavy atom. The van der Waals surface area contributed by atoms with Crippen LogP contribution in [0.2, 0.25) is 18.1 Å². The lowest BCUT2D eigenvalue weighted by Gasteiger charge is -2.36. The highest BCUT2D eigenvalue weighted by Gasteiger charge is 2.37. The molecule has 1 aliphatic heterocycles. The van der Waals surface area contributed by atoms with Gasteiger partial charge in [-0.05, 0) is 69.3 Å². The van der Waals surface area contributed by atoms with Gasteiger partial charge in [-0.2, -0.15) is 0 Å². The van der Waals surface area contributed by atoms with E-state index < -0.39 is 8.32 Å². The van der Waals surface area contributed by atoms with E-state index in [-0.39, 0.29) is 17.4 Å². The van der Waals surface area contributed by atoms with Crippen LogP contribution in [0, 0.1) is 0 Å². The van der Waals surface area contributed by atoms with Gasteiger partial charge in [0.25, 0.3) is 0 Å². The van der Waals surface area contributed by atoms with Gasteiger partial charge in [0.2, 0.25) is 0 Å². The maximum Gasteiger partial charge on any atom is 0.191 e. The predicted octanol–water partition coefficient (Wildman–Crippen LogP) is 6.66. The Morgan fingerprint density at radius 2 is 2.04 bits per heavy atom. The van der Waals surface area contributed by atoms with Gasteiger partial charge >= 0.3 is 0 Å². The zero-order chi connectivity index (χ0) is 18.7. The SMILES string of the molecule is CC(C)(C)[Si](C)(C)OCCC(OC1CCCCO1)c1nc(Br)sc1Br. The number of ether oxygens (including phenoxy) is 2. The summed E-state index contributed by atoms with van der Waals surface area (Å²) in [7, 11) is -1.76. The van der Waals surface area contributed by atoms with Crippen LogP contribution in [0.25, 0.3) is 0 Å². The number of hydrogen-bond donors (Lipinski definition) is 0. The number of aromatic nitrogens is 1. The monoisotopic (exact) mass is 513 g/mol. The van der Waals surface area contributed by atoms with Crippen LogP contribution < -0.4 is 0 Å². The smallest absolute Gasteiger partial charge is 0.191 e. The zero-order valence-electron chi connectivity index (χ0n) is 15.7. The molecule has 1 aromatic heterocycles. The molecule has 0 saturated carbocycles. The molecule has 1 fully saturated rings. The number of rotatable bonds is 7. The Balaban J connectivity index is 2.03. The Hall–Kier alpha value is 0.687. The van der Waals surface area contributed by atoms with Crippen LogP contribution in [0.1, 0.15) is 58.3 Å². The minimum Gasteiger partial charge on any atom is -0.417 e. The first-order valence-corrected chi connectivity index (χ1v) is 14.1. The molecule has 1 aliphatic rings. The van der Waals surface area contributed by atoms with E-state index in [0.29, 0.717) is 6.61 Å². The standard InChI is InChI=1S/C17H29Br2NO3SSi/c1-17(2,3)25(4,5)22-11-9-12(14-15(18)24-16(19)20-14)23-13-8-6-7-10-21-13/h12-13H,6-11H2,1-5H3. The van der Waals surface area contributed by atoms with Gasteiger partial charge in [-0.3, -0.25) is 0 Å². The molecule has 8 heteroatoms. The topological polar surface area (TPSA) is 40.6 Å². The molecule has 25 heavy (non-hydrogen) atoms. The van der Waals surface area contributed by atoms with Crippen LogP contribution in [0.15, 0.2) is 7.70 Å². The Labute approximate surface area is 173 Å². The fourth-order valence-corrected chi connectivity index (χ4v) is 6.16. The highest BCUT2D eigenvalue weighted by atomic mass is 79.9. The summed E-state index contributed by atoms with van der Waals surface area (Å²) in [6.07, 6.45) is 3.73. The molecule has 0 aliphatic carbocycles. The van der Waals surface area contributed by atoms with Gasteiger partial charge in [0.1, 0.15) is 6.10 Å². The van der Waals surface area contributed by atoms with Crippen molar-refractivity contribution in [3.63, 3.8) is 0 Å². The average Bonchev–Trinajstić information content (AvgIpc) is 2.84. The summed E-state index contributed by atoms with van der Waals surface area (Å²) in [5.74, 6) is 0. The quantitative estimate of drug-likeness (QED) is 0.381. The molecule has 0 bridgehead atoms. The summed E-state index contributed by atoms with van der Waals surface area (Å²) >= 11 is 8.66. The lowest BCUT2D eigenvalue weighted by molar-refractivity contribution is -0.193. The lowest BCUT2D eigenvalue weighted by Crippen LogP contribution is -2.41. The largest absolute Gasteiger partial charge is 0.417 e. The Morgan fingerprint density at radius 1 is 1.32 bits per heavy atom. The number of thiazole rings is 1. The van der Waals surface area contributed by atoms with Gasteiger partial charge in [-0.25, -0.2) is 4.98 Å². The zero-order valence-corrected chi connectivity index (χ0v) is 20.7. The second kappa shape index (κ2) is 9.25. The van der Waals surface area contributed by atoms with E-state index >= 15 is 0 Å². The molecule has 2 rings (SSSR count). The van der Waals surface area contributed by atoms with Crippen molar-refractivity contribution >= 4 is 51.5 Å². The van der Waals surface area contributed by atoms with Crippen LogP contribution >= 0.6 is 43.2 Å². The molecule has 144 valence electrons. The molecular weight excluding hydrogens is 486 g/mol. The average molecular weight is 515 g/mol. The molecular formula is C17H29Br2NO3SSi. The van der Waals surface area contributed by atoms with Gasteiger partial charge < -0.3 is 13.9 Å². The van der Waals surface area contributed by atoms with E-state index in [2.05, 4.69) is 70.7 Å². The summed E-state index contributed by atoms with van der Waals surface area (Å²) in [5.41, 5.74) is 0.935. The summed E-state index contributed by atoms with van der Waals surface area (Å²) in [6.45, 7) is 12.8. The molecule has 4 nitrogen and oxygen atoms in total. The molecule has 1 aromatic rings. The minimum absolute atomic E-state index is 0.121. The van der Waals surface area contributed by atoms with Gasteiger partial charge in [0.15, 0.2) is 18.5 Å². The molecule has 1 saturated heterocycles. The van der Waals surface area contributed by atoms with Gasteiger partial charge in [0.05, 0.1) is 9.48 Å². The number of halogens is 2. The van der Waals surface area contributed by atoms with E-state index in [0.717, 1.165) is 45.7 Å². The van der Waals surface area contributed by atoms with Crippen molar-refractivity contribution in [2.24, 2.45) is 0 Å². The third-order valence-electron chi connectivity index (χ3n) is 4.99. The fourth-order valence-electron chi connectivity index (χ4n) is 2.39. The third-order valence-corrected chi connectivity index (χ3v) is 11.7. The van der Waals surface area contributed by atoms with Crippen LogP contribution in [0.4, 0.5) is 0 Å². The van der Waals surface area contributed by atoms with E-state index in [1.54, 1.807) is 11.3 Å². The molecule has 0 N–H and O–H groups in total. The molecule has 0 spiro atoms. The molecule has 2 heterocycles. The molecule has 0 aromatic carbocycles. The van der Waals surface area contributed by atoms with E-state index in [9.17, 15) is 0 Å². The molecule has 0 amide bonds. The maximum atomic E-state index is 6.35. The van der Waals surface area contributed by atoms with Crippen molar-refractivity contribution in [2.75, 3.05) is 13.2 Å². The summed E-state index contributed by atoms with van der Waals surface area (Å²) < 4.78 is 20.3. The Kier molecular flexibility index (Phi) is 8.14. The number of nitrogens with zero attached hydrogens (tertiary/aromatic N) is 1. The summed E-state index contributed by atoms with van der Waals surface area (Å²) in [6, 6.07) is 0. The van der Waals surface area contributed by atoms with E-state index in [1.165, 1.54) is 0 Å². The normalized spacial score (nSPS) is 20.7. The fraction of sp³-hybridized carbons (Fsp3) is 0.824. The van der Waals surface area contributed by atoms with Crippen LogP contribution in [-0.2, 0) is 13.9 Å². The van der Waals surface area contributed by atoms with Crippen molar-refractivity contribution in [1.82, 2.24) is 4.98 Å². The van der Waals surface area contributed by atoms with Gasteiger partial charge in [-0.1, -0.05) is 32.1 Å². The highest BCUT2D eigenvalue weighted by molar-refractivity contribution is 9.12. The second-order valence-electron chi connectivity index (χ2n) is 7.94. The van der Waals surface area contributed by atoms with Gasteiger partial charge in [-0.15, -0.1) is 0 Å². The molecule has 2 atom stereocenters. The lowest BCUT2D eigenvalue weighted by atomic mass is 10.2. The van der Waals surface area contributed by atoms with Crippen molar-refractivity contribution in [2.45, 2.75) is 77.0 Å². The van der Waals surface area contributed by atoms with Crippen molar-refractivity contribution < 1.29 is 13.9 Å². The van der Waals surface area contributed by atoms with E-state index in [4.69, 9.17) is 13.9 Å². The van der Waals surface area contributed by atoms with Crippen LogP contribution in [0.3, 0.4) is 0 Å². The number of hydrogen-bond acceptors (Lipinski definition) is 5.